The Morgan fingerprint density at radius 3 is 2.65 bits per heavy atom. The molecule has 17 heavy (non-hydrogen) atoms. The monoisotopic (exact) mass is 240 g/mol. The lowest BCUT2D eigenvalue weighted by Gasteiger charge is -2.34. The molecule has 2 heterocycles. The van der Waals surface area contributed by atoms with Crippen molar-refractivity contribution in [1.29, 1.82) is 0 Å². The van der Waals surface area contributed by atoms with Crippen LogP contribution in [0, 0.1) is 0 Å². The van der Waals surface area contributed by atoms with Gasteiger partial charge in [-0.1, -0.05) is 20.3 Å². The van der Waals surface area contributed by atoms with Crippen molar-refractivity contribution >= 4 is 5.91 Å². The third-order valence-electron chi connectivity index (χ3n) is 3.83. The van der Waals surface area contributed by atoms with Crippen molar-refractivity contribution < 1.29 is 9.53 Å². The van der Waals surface area contributed by atoms with Gasteiger partial charge in [0, 0.05) is 19.3 Å². The lowest BCUT2D eigenvalue weighted by molar-refractivity contribution is -0.134. The zero-order valence-corrected chi connectivity index (χ0v) is 10.9. The smallest absolute Gasteiger partial charge is 0.241 e. The molecule has 0 bridgehead atoms. The first kappa shape index (κ1) is 12.8. The highest BCUT2D eigenvalue weighted by molar-refractivity contribution is 5.84. The maximum atomic E-state index is 12.4. The third kappa shape index (κ3) is 2.63. The van der Waals surface area contributed by atoms with Crippen LogP contribution in [0.4, 0.5) is 0 Å². The van der Waals surface area contributed by atoms with E-state index in [4.69, 9.17) is 4.74 Å². The van der Waals surface area contributed by atoms with Gasteiger partial charge in [-0.2, -0.15) is 0 Å². The van der Waals surface area contributed by atoms with Crippen LogP contribution in [0.5, 0.6) is 0 Å². The molecule has 98 valence electrons. The van der Waals surface area contributed by atoms with Crippen LogP contribution in [-0.2, 0) is 9.53 Å². The summed E-state index contributed by atoms with van der Waals surface area (Å²) in [5.74, 6) is 0.311. The first-order valence-corrected chi connectivity index (χ1v) is 6.93. The molecule has 2 aliphatic rings. The van der Waals surface area contributed by atoms with Crippen molar-refractivity contribution in [2.45, 2.75) is 64.2 Å². The van der Waals surface area contributed by atoms with Crippen LogP contribution in [-0.4, -0.2) is 42.3 Å². The van der Waals surface area contributed by atoms with Crippen molar-refractivity contribution in [3.05, 3.63) is 0 Å². The Labute approximate surface area is 104 Å². The van der Waals surface area contributed by atoms with Crippen molar-refractivity contribution in [3.8, 4) is 0 Å². The lowest BCUT2D eigenvalue weighted by atomic mass is 10.1. The summed E-state index contributed by atoms with van der Waals surface area (Å²) in [7, 11) is 0. The highest BCUT2D eigenvalue weighted by atomic mass is 16.5. The molecule has 1 amide bonds. The average molecular weight is 240 g/mol. The minimum absolute atomic E-state index is 0.0489. The number of nitrogens with one attached hydrogen (secondary N) is 1. The molecule has 2 rings (SSSR count). The molecule has 0 aliphatic carbocycles. The quantitative estimate of drug-likeness (QED) is 0.809. The second-order valence-electron chi connectivity index (χ2n) is 5.02. The van der Waals surface area contributed by atoms with Gasteiger partial charge in [0.1, 0.15) is 0 Å². The van der Waals surface area contributed by atoms with Gasteiger partial charge in [-0.05, 0) is 25.7 Å². The van der Waals surface area contributed by atoms with E-state index in [-0.39, 0.29) is 12.2 Å². The van der Waals surface area contributed by atoms with Gasteiger partial charge in [0.15, 0.2) is 0 Å². The molecule has 0 aromatic rings. The predicted octanol–water partition coefficient (Wildman–Crippen LogP) is 1.50. The molecule has 4 nitrogen and oxygen atoms in total. The first-order chi connectivity index (χ1) is 8.27. The molecule has 1 N–H and O–H groups in total. The maximum absolute atomic E-state index is 12.4. The number of ether oxygens (including phenoxy) is 1. The molecular weight excluding hydrogens is 216 g/mol. The molecule has 4 heteroatoms. The first-order valence-electron chi connectivity index (χ1n) is 6.93. The average Bonchev–Trinajstić information content (AvgIpc) is 2.68. The zero-order chi connectivity index (χ0) is 12.3. The second-order valence-corrected chi connectivity index (χ2v) is 5.02. The van der Waals surface area contributed by atoms with E-state index in [1.54, 1.807) is 0 Å². The number of amides is 1. The third-order valence-corrected chi connectivity index (χ3v) is 3.83. The van der Waals surface area contributed by atoms with E-state index in [1.807, 2.05) is 0 Å². The summed E-state index contributed by atoms with van der Waals surface area (Å²) in [6.07, 6.45) is 5.22. The number of rotatable bonds is 4. The highest BCUT2D eigenvalue weighted by Crippen LogP contribution is 2.24. The summed E-state index contributed by atoms with van der Waals surface area (Å²) in [5, 5.41) is 3.47. The van der Waals surface area contributed by atoms with Gasteiger partial charge in [0.25, 0.3) is 0 Å². The molecule has 2 fully saturated rings. The van der Waals surface area contributed by atoms with Crippen LogP contribution in [0.3, 0.4) is 0 Å². The number of carbonyl (C=O) groups is 1. The van der Waals surface area contributed by atoms with Crippen LogP contribution in [0.1, 0.15) is 46.0 Å². The van der Waals surface area contributed by atoms with Gasteiger partial charge >= 0.3 is 0 Å². The Balaban J connectivity index is 2.04. The van der Waals surface area contributed by atoms with E-state index in [1.165, 1.54) is 0 Å². The second kappa shape index (κ2) is 5.83. The molecule has 0 aromatic carbocycles. The fourth-order valence-corrected chi connectivity index (χ4v) is 2.93. The molecular formula is C13H24N2O2. The lowest BCUT2D eigenvalue weighted by Crippen LogP contribution is -2.46. The summed E-state index contributed by atoms with van der Waals surface area (Å²) >= 11 is 0. The van der Waals surface area contributed by atoms with E-state index in [0.29, 0.717) is 11.9 Å². The molecule has 0 aromatic heterocycles. The largest absolute Gasteiger partial charge is 0.381 e. The van der Waals surface area contributed by atoms with E-state index in [9.17, 15) is 4.79 Å². The summed E-state index contributed by atoms with van der Waals surface area (Å²) in [6.45, 7) is 5.87. The number of hydrogen-bond acceptors (Lipinski definition) is 3. The van der Waals surface area contributed by atoms with Crippen LogP contribution >= 0.6 is 0 Å². The van der Waals surface area contributed by atoms with Gasteiger partial charge in [0.05, 0.1) is 12.2 Å². The molecule has 0 radical (unpaired) electrons. The van der Waals surface area contributed by atoms with Crippen molar-refractivity contribution in [2.75, 3.05) is 13.2 Å². The Kier molecular flexibility index (Phi) is 4.40. The van der Waals surface area contributed by atoms with Crippen molar-refractivity contribution in [3.63, 3.8) is 0 Å². The summed E-state index contributed by atoms with van der Waals surface area (Å²) in [5.41, 5.74) is 0. The normalized spacial score (nSPS) is 31.2. The van der Waals surface area contributed by atoms with E-state index < -0.39 is 0 Å². The molecule has 2 saturated heterocycles. The van der Waals surface area contributed by atoms with Crippen LogP contribution < -0.4 is 5.32 Å². The molecule has 2 atom stereocenters. The minimum Gasteiger partial charge on any atom is -0.381 e. The molecule has 0 saturated carbocycles. The number of nitrogens with zero attached hydrogens (tertiary/aromatic N) is 1. The van der Waals surface area contributed by atoms with Gasteiger partial charge < -0.3 is 9.64 Å². The SMILES string of the molecule is CCCC1NC(CC)N(C2CCOCC2)C1=O. The number of carbonyl (C=O) groups excluding carboxylic acids is 1. The summed E-state index contributed by atoms with van der Waals surface area (Å²) < 4.78 is 5.38. The minimum atomic E-state index is 0.0489. The maximum Gasteiger partial charge on any atom is 0.241 e. The Hall–Kier alpha value is -0.610. The van der Waals surface area contributed by atoms with Crippen LogP contribution in [0.2, 0.25) is 0 Å². The van der Waals surface area contributed by atoms with Crippen LogP contribution in [0.15, 0.2) is 0 Å². The predicted molar refractivity (Wildman–Crippen MR) is 66.6 cm³/mol. The van der Waals surface area contributed by atoms with E-state index >= 15 is 0 Å². The zero-order valence-electron chi connectivity index (χ0n) is 10.9. The van der Waals surface area contributed by atoms with Gasteiger partial charge in [0.2, 0.25) is 5.91 Å². The van der Waals surface area contributed by atoms with E-state index in [0.717, 1.165) is 45.3 Å². The van der Waals surface area contributed by atoms with Gasteiger partial charge in [-0.15, -0.1) is 0 Å². The van der Waals surface area contributed by atoms with Gasteiger partial charge in [-0.25, -0.2) is 0 Å². The summed E-state index contributed by atoms with van der Waals surface area (Å²) in [6, 6.07) is 0.434. The van der Waals surface area contributed by atoms with Crippen LogP contribution in [0.25, 0.3) is 0 Å². The Morgan fingerprint density at radius 1 is 1.35 bits per heavy atom. The Bertz CT molecular complexity index is 264. The standard InChI is InChI=1S/C13H24N2O2/c1-3-5-11-13(16)15(12(4-2)14-11)10-6-8-17-9-7-10/h10-12,14H,3-9H2,1-2H3. The topological polar surface area (TPSA) is 41.6 Å². The fourth-order valence-electron chi connectivity index (χ4n) is 2.93. The highest BCUT2D eigenvalue weighted by Gasteiger charge is 2.41. The Morgan fingerprint density at radius 2 is 2.06 bits per heavy atom. The van der Waals surface area contributed by atoms with Crippen molar-refractivity contribution in [1.82, 2.24) is 10.2 Å². The molecule has 2 unspecified atom stereocenters. The number of hydrogen-bond donors (Lipinski definition) is 1. The summed E-state index contributed by atoms with van der Waals surface area (Å²) in [4.78, 5) is 14.5. The molecule has 0 spiro atoms. The molecule has 2 aliphatic heterocycles. The van der Waals surface area contributed by atoms with E-state index in [2.05, 4.69) is 24.1 Å². The van der Waals surface area contributed by atoms with Crippen molar-refractivity contribution in [2.24, 2.45) is 0 Å². The fraction of sp³-hybridized carbons (Fsp3) is 0.923. The van der Waals surface area contributed by atoms with Gasteiger partial charge in [-0.3, -0.25) is 10.1 Å².